The maximum absolute atomic E-state index is 13.1. The Labute approximate surface area is 415 Å². The molecule has 22 nitrogen and oxygen atoms in total. The van der Waals surface area contributed by atoms with E-state index in [0.29, 0.717) is 24.7 Å². The minimum Gasteiger partial charge on any atom is -0.444 e. The molecule has 1 saturated carbocycles. The van der Waals surface area contributed by atoms with Gasteiger partial charge in [0.15, 0.2) is 18.9 Å². The van der Waals surface area contributed by atoms with Gasteiger partial charge in [-0.1, -0.05) is 20.8 Å². The van der Waals surface area contributed by atoms with Crippen LogP contribution in [-0.2, 0) is 47.4 Å². The van der Waals surface area contributed by atoms with Crippen molar-refractivity contribution in [1.82, 2.24) is 16.0 Å². The van der Waals surface area contributed by atoms with Crippen molar-refractivity contribution in [3.63, 3.8) is 0 Å². The number of ether oxygens (including phenoxy) is 10. The minimum absolute atomic E-state index is 0.143. The first-order valence-electron chi connectivity index (χ1n) is 23.7. The standard InChI is InChI=1S/C45H81N3O19S2/c1-21-17-24(48-42(57)67-45(10,11)12)30(51)36(34(21)62-37-22(2)28(49)31(52)25(59-37)18-46-40(55)65-43(4,5)6)64-39-33(54)35(27(61-39)20-69-16-14-58-13-15-68)63-38-23(3)29(50)32(53)26(60-38)19-47-41(56)66-44(7,8)9/h21-39,49-54,68H,13-20H2,1-12H3,(H,46,55)(H,47,56)(H,48,57)/t21?,22?,23-,24-,25?,26+,27-,28-,29+,30?,31-,32?,33+,34-,35?,36-,37-,38?,39+/m1/s1. The maximum Gasteiger partial charge on any atom is 0.407 e. The van der Waals surface area contributed by atoms with Gasteiger partial charge in [-0.3, -0.25) is 0 Å². The summed E-state index contributed by atoms with van der Waals surface area (Å²) in [6.45, 7) is 20.6. The Morgan fingerprint density at radius 3 is 1.51 bits per heavy atom. The number of amides is 3. The van der Waals surface area contributed by atoms with Gasteiger partial charge in [-0.15, -0.1) is 0 Å². The number of carbonyl (C=O) groups excluding carboxylic acids is 3. The number of thioether (sulfide) groups is 1. The maximum atomic E-state index is 13.1. The number of thiol groups is 1. The van der Waals surface area contributed by atoms with Crippen molar-refractivity contribution in [1.29, 1.82) is 0 Å². The van der Waals surface area contributed by atoms with E-state index in [2.05, 4.69) is 28.6 Å². The van der Waals surface area contributed by atoms with E-state index in [0.717, 1.165) is 0 Å². The molecule has 0 spiro atoms. The van der Waals surface area contributed by atoms with Gasteiger partial charge in [0, 0.05) is 42.2 Å². The van der Waals surface area contributed by atoms with Gasteiger partial charge < -0.3 is 94.0 Å². The number of hydrogen-bond donors (Lipinski definition) is 10. The quantitative estimate of drug-likeness (QED) is 0.0528. The normalized spacial score (nSPS) is 37.7. The summed E-state index contributed by atoms with van der Waals surface area (Å²) in [6.07, 6.45) is -21.8. The highest BCUT2D eigenvalue weighted by Gasteiger charge is 2.55. The van der Waals surface area contributed by atoms with Crippen molar-refractivity contribution in [2.45, 2.75) is 204 Å². The molecule has 0 radical (unpaired) electrons. The molecule has 0 bridgehead atoms. The first kappa shape index (κ1) is 59.6. The zero-order valence-corrected chi connectivity index (χ0v) is 43.7. The van der Waals surface area contributed by atoms with Crippen LogP contribution in [0.3, 0.4) is 0 Å². The number of carbonyl (C=O) groups is 3. The summed E-state index contributed by atoms with van der Waals surface area (Å²) in [4.78, 5) is 38.1. The third kappa shape index (κ3) is 17.9. The molecule has 0 aromatic heterocycles. The van der Waals surface area contributed by atoms with Crippen molar-refractivity contribution in [2.75, 3.05) is 43.6 Å². The van der Waals surface area contributed by atoms with Crippen molar-refractivity contribution >= 4 is 42.7 Å². The number of alkyl carbamates (subject to hydrolysis) is 3. The van der Waals surface area contributed by atoms with Crippen LogP contribution in [0.15, 0.2) is 0 Å². The molecule has 7 unspecified atom stereocenters. The molecule has 0 aromatic carbocycles. The molecule has 1 aliphatic carbocycles. The van der Waals surface area contributed by atoms with E-state index >= 15 is 0 Å². The molecule has 0 aromatic rings. The highest BCUT2D eigenvalue weighted by molar-refractivity contribution is 7.99. The lowest BCUT2D eigenvalue weighted by molar-refractivity contribution is -0.322. The van der Waals surface area contributed by atoms with E-state index in [1.165, 1.54) is 11.8 Å². The predicted octanol–water partition coefficient (Wildman–Crippen LogP) is 1.42. The van der Waals surface area contributed by atoms with Crippen LogP contribution in [0.1, 0.15) is 89.5 Å². The summed E-state index contributed by atoms with van der Waals surface area (Å²) in [6, 6.07) is -0.965. The topological polar surface area (TPSA) is 301 Å². The van der Waals surface area contributed by atoms with Gasteiger partial charge in [-0.2, -0.15) is 24.4 Å². The van der Waals surface area contributed by atoms with Crippen LogP contribution in [0.5, 0.6) is 0 Å². The highest BCUT2D eigenvalue weighted by Crippen LogP contribution is 2.39. The first-order chi connectivity index (χ1) is 32.0. The van der Waals surface area contributed by atoms with Crippen molar-refractivity contribution in [3.05, 3.63) is 0 Å². The summed E-state index contributed by atoms with van der Waals surface area (Å²) in [5.41, 5.74) is -2.47. The molecule has 19 atom stereocenters. The summed E-state index contributed by atoms with van der Waals surface area (Å²) >= 11 is 5.62. The molecule has 24 heteroatoms. The SMILES string of the molecule is CC1[C@@H](O[C@@H]2C(C)C[C@@H](NC(=O)OC(C)(C)C)C(O)[C@H]2O[C@@H]2O[C@H](CSCCOCCS)C(OC3O[C@@H](CNC(=O)OC(C)(C)C)C(O)[C@@H](O)[C@H]3C)[C@@H]2O)OC(CNC(=O)OC(C)(C)C)[C@@H](O)[C@@H]1O. The summed E-state index contributed by atoms with van der Waals surface area (Å²) < 4.78 is 60.1. The van der Waals surface area contributed by atoms with Crippen LogP contribution >= 0.6 is 24.4 Å². The second-order valence-corrected chi connectivity index (χ2v) is 22.8. The number of rotatable bonds is 18. The Bertz CT molecular complexity index is 1620. The van der Waals surface area contributed by atoms with Crippen molar-refractivity contribution in [3.8, 4) is 0 Å². The van der Waals surface area contributed by atoms with Gasteiger partial charge in [-0.25, -0.2) is 14.4 Å². The van der Waals surface area contributed by atoms with Crippen molar-refractivity contribution in [2.24, 2.45) is 17.8 Å². The van der Waals surface area contributed by atoms with Crippen LogP contribution in [0.25, 0.3) is 0 Å². The number of nitrogens with one attached hydrogen (secondary N) is 3. The number of aliphatic hydroxyl groups is 6. The number of hydrogen-bond acceptors (Lipinski definition) is 21. The molecule has 69 heavy (non-hydrogen) atoms. The monoisotopic (exact) mass is 1030 g/mol. The van der Waals surface area contributed by atoms with Gasteiger partial charge in [-0.05, 0) is 74.7 Å². The third-order valence-electron chi connectivity index (χ3n) is 11.7. The van der Waals surface area contributed by atoms with Crippen LogP contribution in [0.2, 0.25) is 0 Å². The highest BCUT2D eigenvalue weighted by atomic mass is 32.2. The lowest BCUT2D eigenvalue weighted by Gasteiger charge is -2.48. The lowest BCUT2D eigenvalue weighted by atomic mass is 9.80. The zero-order chi connectivity index (χ0) is 51.8. The van der Waals surface area contributed by atoms with Gasteiger partial charge in [0.05, 0.1) is 43.7 Å². The largest absolute Gasteiger partial charge is 0.444 e. The molecule has 402 valence electrons. The third-order valence-corrected chi connectivity index (χ3v) is 12.9. The second-order valence-electron chi connectivity index (χ2n) is 21.2. The molecule has 4 fully saturated rings. The fraction of sp³-hybridized carbons (Fsp3) is 0.933. The second kappa shape index (κ2) is 25.8. The fourth-order valence-electron chi connectivity index (χ4n) is 8.25. The molecular formula is C45H81N3O19S2. The molecule has 3 aliphatic heterocycles. The Morgan fingerprint density at radius 1 is 0.580 bits per heavy atom. The predicted molar refractivity (Wildman–Crippen MR) is 252 cm³/mol. The summed E-state index contributed by atoms with van der Waals surface area (Å²) in [7, 11) is 0. The smallest absolute Gasteiger partial charge is 0.407 e. The molecule has 3 heterocycles. The first-order valence-corrected chi connectivity index (χ1v) is 25.5. The van der Waals surface area contributed by atoms with E-state index < -0.39 is 151 Å². The van der Waals surface area contributed by atoms with E-state index in [1.54, 1.807) is 83.1 Å². The lowest BCUT2D eigenvalue weighted by Crippen LogP contribution is -2.64. The Kier molecular flexibility index (Phi) is 22.2. The Hall–Kier alpha value is -2.01. The molecule has 3 saturated heterocycles. The minimum atomic E-state index is -1.58. The van der Waals surface area contributed by atoms with Crippen molar-refractivity contribution < 1.29 is 92.4 Å². The summed E-state index contributed by atoms with van der Waals surface area (Å²) in [5.74, 6) is -0.916. The Morgan fingerprint density at radius 2 is 1.03 bits per heavy atom. The van der Waals surface area contributed by atoms with Crippen LogP contribution in [-0.4, -0.2) is 207 Å². The van der Waals surface area contributed by atoms with E-state index in [9.17, 15) is 45.0 Å². The van der Waals surface area contributed by atoms with Gasteiger partial charge in [0.25, 0.3) is 0 Å². The van der Waals surface area contributed by atoms with Crippen LogP contribution in [0, 0.1) is 17.8 Å². The molecule has 4 rings (SSSR count). The summed E-state index contributed by atoms with van der Waals surface area (Å²) in [5, 5.41) is 76.4. The average Bonchev–Trinajstić information content (AvgIpc) is 3.51. The van der Waals surface area contributed by atoms with Crippen LogP contribution in [0.4, 0.5) is 14.4 Å². The fourth-order valence-corrected chi connectivity index (χ4v) is 9.28. The van der Waals surface area contributed by atoms with E-state index in [1.807, 2.05) is 0 Å². The zero-order valence-electron chi connectivity index (χ0n) is 42.0. The van der Waals surface area contributed by atoms with Crippen LogP contribution < -0.4 is 16.0 Å². The molecule has 3 amide bonds. The Balaban J connectivity index is 1.62. The van der Waals surface area contributed by atoms with E-state index in [-0.39, 0.29) is 25.3 Å². The molecule has 4 aliphatic rings. The molecule has 9 N–H and O–H groups in total. The van der Waals surface area contributed by atoms with E-state index in [4.69, 9.17) is 47.4 Å². The van der Waals surface area contributed by atoms with Gasteiger partial charge >= 0.3 is 18.3 Å². The number of aliphatic hydroxyl groups excluding tert-OH is 6. The average molecular weight is 1030 g/mol. The van der Waals surface area contributed by atoms with Gasteiger partial charge in [0.2, 0.25) is 0 Å². The van der Waals surface area contributed by atoms with Gasteiger partial charge in [0.1, 0.15) is 65.6 Å². The molecular weight excluding hydrogens is 951 g/mol.